The number of benzene rings is 1. The van der Waals surface area contributed by atoms with Gasteiger partial charge in [0.2, 0.25) is 0 Å². The molecule has 1 heterocycles. The van der Waals surface area contributed by atoms with Gasteiger partial charge in [0.1, 0.15) is 5.82 Å². The molecule has 1 aromatic carbocycles. The van der Waals surface area contributed by atoms with E-state index in [1.54, 1.807) is 12.1 Å². The van der Waals surface area contributed by atoms with E-state index in [4.69, 9.17) is 11.6 Å². The normalized spacial score (nSPS) is 11.6. The van der Waals surface area contributed by atoms with Gasteiger partial charge in [0, 0.05) is 0 Å². The summed E-state index contributed by atoms with van der Waals surface area (Å²) in [6.45, 7) is 1.89. The van der Waals surface area contributed by atoms with Gasteiger partial charge >= 0.3 is 0 Å². The molecular formula is C12H10ClFN2S. The summed E-state index contributed by atoms with van der Waals surface area (Å²) in [6.07, 6.45) is 0. The summed E-state index contributed by atoms with van der Waals surface area (Å²) in [4.78, 5) is 1.00. The van der Waals surface area contributed by atoms with Gasteiger partial charge < -0.3 is 0 Å². The largest absolute Gasteiger partial charge is 0.278 e. The minimum Gasteiger partial charge on any atom is -0.278 e. The van der Waals surface area contributed by atoms with E-state index in [1.165, 1.54) is 23.5 Å². The van der Waals surface area contributed by atoms with Crippen LogP contribution in [0, 0.1) is 5.82 Å². The van der Waals surface area contributed by atoms with Crippen LogP contribution in [-0.4, -0.2) is 5.71 Å². The Labute approximate surface area is 108 Å². The minimum absolute atomic E-state index is 0.263. The summed E-state index contributed by atoms with van der Waals surface area (Å²) in [5.41, 5.74) is 4.45. The first-order chi connectivity index (χ1) is 8.15. The molecule has 2 rings (SSSR count). The first-order valence-electron chi connectivity index (χ1n) is 4.97. The molecule has 2 aromatic rings. The summed E-state index contributed by atoms with van der Waals surface area (Å²) in [7, 11) is 0. The van der Waals surface area contributed by atoms with E-state index in [2.05, 4.69) is 10.5 Å². The first-order valence-corrected chi connectivity index (χ1v) is 6.16. The van der Waals surface area contributed by atoms with Crippen LogP contribution in [0.3, 0.4) is 0 Å². The number of nitrogens with one attached hydrogen (secondary N) is 1. The number of hydrogen-bond acceptors (Lipinski definition) is 3. The molecule has 0 fully saturated rings. The van der Waals surface area contributed by atoms with Gasteiger partial charge in [-0.25, -0.2) is 4.39 Å². The highest BCUT2D eigenvalue weighted by atomic mass is 35.5. The van der Waals surface area contributed by atoms with Crippen LogP contribution >= 0.6 is 22.9 Å². The monoisotopic (exact) mass is 268 g/mol. The maximum atomic E-state index is 12.7. The van der Waals surface area contributed by atoms with Gasteiger partial charge in [-0.15, -0.1) is 11.3 Å². The number of anilines is 1. The Morgan fingerprint density at radius 3 is 2.53 bits per heavy atom. The van der Waals surface area contributed by atoms with E-state index in [0.29, 0.717) is 0 Å². The number of nitrogens with zero attached hydrogens (tertiary/aromatic N) is 1. The molecule has 0 unspecified atom stereocenters. The van der Waals surface area contributed by atoms with Gasteiger partial charge in [-0.1, -0.05) is 11.6 Å². The Hall–Kier alpha value is -1.39. The average Bonchev–Trinajstić information content (AvgIpc) is 2.75. The molecule has 0 aliphatic rings. The lowest BCUT2D eigenvalue weighted by Crippen LogP contribution is -1.97. The molecule has 1 N–H and O–H groups in total. The molecule has 88 valence electrons. The van der Waals surface area contributed by atoms with Crippen LogP contribution in [0.25, 0.3) is 0 Å². The highest BCUT2D eigenvalue weighted by molar-refractivity contribution is 7.18. The number of halogens is 2. The standard InChI is InChI=1S/C12H10ClFN2S/c1-8(11-6-7-12(13)17-11)15-16-10-4-2-9(14)3-5-10/h2-7,16H,1H3. The topological polar surface area (TPSA) is 24.4 Å². The number of hydrogen-bond donors (Lipinski definition) is 1. The third-order valence-electron chi connectivity index (χ3n) is 2.13. The fraction of sp³-hybridized carbons (Fsp3) is 0.0833. The third kappa shape index (κ3) is 3.28. The van der Waals surface area contributed by atoms with Crippen molar-refractivity contribution >= 4 is 34.3 Å². The van der Waals surface area contributed by atoms with Gasteiger partial charge in [-0.3, -0.25) is 5.43 Å². The van der Waals surface area contributed by atoms with Gasteiger partial charge in [0.15, 0.2) is 0 Å². The summed E-state index contributed by atoms with van der Waals surface area (Å²) in [5, 5.41) is 4.20. The fourth-order valence-corrected chi connectivity index (χ4v) is 2.22. The smallest absolute Gasteiger partial charge is 0.123 e. The molecular weight excluding hydrogens is 259 g/mol. The molecule has 0 atom stereocenters. The van der Waals surface area contributed by atoms with Crippen molar-refractivity contribution in [2.75, 3.05) is 5.43 Å². The van der Waals surface area contributed by atoms with Crippen LogP contribution in [0.1, 0.15) is 11.8 Å². The molecule has 0 saturated carbocycles. The zero-order chi connectivity index (χ0) is 12.3. The van der Waals surface area contributed by atoms with E-state index < -0.39 is 0 Å². The quantitative estimate of drug-likeness (QED) is 0.648. The predicted molar refractivity (Wildman–Crippen MR) is 71.6 cm³/mol. The van der Waals surface area contributed by atoms with Crippen LogP contribution in [0.4, 0.5) is 10.1 Å². The molecule has 17 heavy (non-hydrogen) atoms. The van der Waals surface area contributed by atoms with Gasteiger partial charge in [0.05, 0.1) is 20.6 Å². The second-order valence-corrected chi connectivity index (χ2v) is 5.13. The van der Waals surface area contributed by atoms with Crippen molar-refractivity contribution in [3.63, 3.8) is 0 Å². The summed E-state index contributed by atoms with van der Waals surface area (Å²) in [6, 6.07) is 9.78. The van der Waals surface area contributed by atoms with Gasteiger partial charge in [0.25, 0.3) is 0 Å². The molecule has 0 bridgehead atoms. The molecule has 0 aliphatic heterocycles. The van der Waals surface area contributed by atoms with E-state index in [-0.39, 0.29) is 5.82 Å². The van der Waals surface area contributed by atoms with Crippen LogP contribution in [0.5, 0.6) is 0 Å². The van der Waals surface area contributed by atoms with Crippen molar-refractivity contribution < 1.29 is 4.39 Å². The van der Waals surface area contributed by atoms with Crippen molar-refractivity contribution in [2.45, 2.75) is 6.92 Å². The van der Waals surface area contributed by atoms with Crippen molar-refractivity contribution in [3.05, 3.63) is 51.4 Å². The highest BCUT2D eigenvalue weighted by Gasteiger charge is 2.01. The Kier molecular flexibility index (Phi) is 3.76. The van der Waals surface area contributed by atoms with Crippen molar-refractivity contribution in [1.82, 2.24) is 0 Å². The fourth-order valence-electron chi connectivity index (χ4n) is 1.24. The lowest BCUT2D eigenvalue weighted by molar-refractivity contribution is 0.628. The second kappa shape index (κ2) is 5.29. The lowest BCUT2D eigenvalue weighted by atomic mass is 10.3. The van der Waals surface area contributed by atoms with E-state index >= 15 is 0 Å². The lowest BCUT2D eigenvalue weighted by Gasteiger charge is -2.01. The predicted octanol–water partition coefficient (Wildman–Crippen LogP) is 4.38. The van der Waals surface area contributed by atoms with Crippen LogP contribution < -0.4 is 5.43 Å². The summed E-state index contributed by atoms with van der Waals surface area (Å²) in [5.74, 6) is -0.263. The zero-order valence-corrected chi connectivity index (χ0v) is 10.6. The van der Waals surface area contributed by atoms with Crippen molar-refractivity contribution in [3.8, 4) is 0 Å². The Morgan fingerprint density at radius 1 is 1.24 bits per heavy atom. The molecule has 0 radical (unpaired) electrons. The van der Waals surface area contributed by atoms with Gasteiger partial charge in [-0.05, 0) is 43.3 Å². The Morgan fingerprint density at radius 2 is 1.94 bits per heavy atom. The molecule has 2 nitrogen and oxygen atoms in total. The molecule has 1 aromatic heterocycles. The Balaban J connectivity index is 2.08. The number of thiophene rings is 1. The maximum absolute atomic E-state index is 12.7. The van der Waals surface area contributed by atoms with Crippen LogP contribution in [-0.2, 0) is 0 Å². The van der Waals surface area contributed by atoms with Crippen LogP contribution in [0.15, 0.2) is 41.5 Å². The van der Waals surface area contributed by atoms with Crippen LogP contribution in [0.2, 0.25) is 4.34 Å². The number of hydrazone groups is 1. The third-order valence-corrected chi connectivity index (χ3v) is 3.47. The SMILES string of the molecule is CC(=NNc1ccc(F)cc1)c1ccc(Cl)s1. The number of rotatable bonds is 3. The van der Waals surface area contributed by atoms with Crippen molar-refractivity contribution in [2.24, 2.45) is 5.10 Å². The maximum Gasteiger partial charge on any atom is 0.123 e. The summed E-state index contributed by atoms with van der Waals surface area (Å²) < 4.78 is 13.4. The first kappa shape index (κ1) is 12.1. The van der Waals surface area contributed by atoms with E-state index in [0.717, 1.165) is 20.6 Å². The summed E-state index contributed by atoms with van der Waals surface area (Å²) >= 11 is 7.31. The zero-order valence-electron chi connectivity index (χ0n) is 9.08. The van der Waals surface area contributed by atoms with Crippen molar-refractivity contribution in [1.29, 1.82) is 0 Å². The molecule has 0 amide bonds. The second-order valence-electron chi connectivity index (χ2n) is 3.42. The van der Waals surface area contributed by atoms with E-state index in [1.807, 2.05) is 19.1 Å². The minimum atomic E-state index is -0.263. The van der Waals surface area contributed by atoms with Gasteiger partial charge in [-0.2, -0.15) is 5.10 Å². The highest BCUT2D eigenvalue weighted by Crippen LogP contribution is 2.22. The molecule has 0 saturated heterocycles. The molecule has 5 heteroatoms. The molecule has 0 aliphatic carbocycles. The van der Waals surface area contributed by atoms with E-state index in [9.17, 15) is 4.39 Å². The Bertz CT molecular complexity index is 534. The molecule has 0 spiro atoms. The average molecular weight is 269 g/mol.